The van der Waals surface area contributed by atoms with Crippen molar-refractivity contribution in [1.29, 1.82) is 0 Å². The lowest BCUT2D eigenvalue weighted by atomic mass is 10.1. The minimum absolute atomic E-state index is 0.259. The Morgan fingerprint density at radius 3 is 2.43 bits per heavy atom. The Labute approximate surface area is 130 Å². The molecule has 110 valence electrons. The van der Waals surface area contributed by atoms with E-state index in [1.165, 1.54) is 0 Å². The number of hydrogen-bond donors (Lipinski definition) is 2. The van der Waals surface area contributed by atoms with Crippen LogP contribution in [0.4, 0.5) is 5.69 Å². The molecule has 4 nitrogen and oxygen atoms in total. The normalized spacial score (nSPS) is 10.0. The van der Waals surface area contributed by atoms with Gasteiger partial charge in [-0.3, -0.25) is 0 Å². The Hall–Kier alpha value is -2.27. The number of rotatable bonds is 4. The Kier molecular flexibility index (Phi) is 5.00. The molecule has 0 aromatic heterocycles. The zero-order chi connectivity index (χ0) is 15.2. The molecule has 0 unspecified atom stereocenters. The third kappa shape index (κ3) is 3.64. The van der Waals surface area contributed by atoms with Gasteiger partial charge in [0.2, 0.25) is 0 Å². The number of hydrogen-bond acceptors (Lipinski definition) is 3. The molecule has 2 aromatic rings. The lowest BCUT2D eigenvalue weighted by molar-refractivity contribution is 0.415. The number of phenols is 1. The highest BCUT2D eigenvalue weighted by molar-refractivity contribution is 7.80. The van der Waals surface area contributed by atoms with Crippen LogP contribution in [0.25, 0.3) is 0 Å². The maximum absolute atomic E-state index is 9.93. The van der Waals surface area contributed by atoms with Crippen molar-refractivity contribution in [3.63, 3.8) is 0 Å². The number of anilines is 1. The average Bonchev–Trinajstić information content (AvgIpc) is 2.53. The van der Waals surface area contributed by atoms with Gasteiger partial charge in [0.1, 0.15) is 11.5 Å². The van der Waals surface area contributed by atoms with Crippen molar-refractivity contribution in [2.45, 2.75) is 6.54 Å². The van der Waals surface area contributed by atoms with E-state index >= 15 is 0 Å². The first kappa shape index (κ1) is 15.1. The van der Waals surface area contributed by atoms with Crippen LogP contribution in [0.1, 0.15) is 5.56 Å². The highest BCUT2D eigenvalue weighted by Crippen LogP contribution is 2.24. The Bertz CT molecular complexity index is 614. The zero-order valence-electron chi connectivity index (χ0n) is 12.0. The van der Waals surface area contributed by atoms with E-state index in [1.807, 2.05) is 41.3 Å². The van der Waals surface area contributed by atoms with Gasteiger partial charge in [-0.1, -0.05) is 18.2 Å². The second-order valence-electron chi connectivity index (χ2n) is 4.47. The first-order valence-electron chi connectivity index (χ1n) is 6.56. The maximum atomic E-state index is 9.93. The van der Waals surface area contributed by atoms with Gasteiger partial charge < -0.3 is 20.1 Å². The molecule has 0 atom stereocenters. The predicted molar refractivity (Wildman–Crippen MR) is 88.9 cm³/mol. The zero-order valence-corrected chi connectivity index (χ0v) is 12.9. The van der Waals surface area contributed by atoms with Gasteiger partial charge in [-0.2, -0.15) is 0 Å². The van der Waals surface area contributed by atoms with Gasteiger partial charge in [-0.05, 0) is 42.5 Å². The van der Waals surface area contributed by atoms with E-state index < -0.39 is 0 Å². The summed E-state index contributed by atoms with van der Waals surface area (Å²) in [5, 5.41) is 13.5. The summed E-state index contributed by atoms with van der Waals surface area (Å²) in [5.74, 6) is 1.05. The minimum Gasteiger partial charge on any atom is -0.508 e. The number of nitrogens with zero attached hydrogens (tertiary/aromatic N) is 1. The van der Waals surface area contributed by atoms with Gasteiger partial charge in [-0.15, -0.1) is 0 Å². The molecule has 2 aromatic carbocycles. The number of nitrogens with one attached hydrogen (secondary N) is 1. The van der Waals surface area contributed by atoms with Crippen LogP contribution in [-0.4, -0.2) is 24.4 Å². The largest absolute Gasteiger partial charge is 0.508 e. The van der Waals surface area contributed by atoms with Crippen LogP contribution < -0.4 is 15.0 Å². The molecule has 2 rings (SSSR count). The second-order valence-corrected chi connectivity index (χ2v) is 4.85. The molecule has 5 heteroatoms. The van der Waals surface area contributed by atoms with Gasteiger partial charge in [0.05, 0.1) is 13.7 Å². The lowest BCUT2D eigenvalue weighted by Crippen LogP contribution is -2.37. The van der Waals surface area contributed by atoms with E-state index in [2.05, 4.69) is 5.32 Å². The first-order valence-corrected chi connectivity index (χ1v) is 6.96. The lowest BCUT2D eigenvalue weighted by Gasteiger charge is -2.25. The number of aromatic hydroxyl groups is 1. The number of ether oxygens (including phenoxy) is 1. The van der Waals surface area contributed by atoms with E-state index in [4.69, 9.17) is 17.0 Å². The van der Waals surface area contributed by atoms with Crippen LogP contribution in [0.3, 0.4) is 0 Å². The molecular formula is C16H18N2O2S. The number of benzene rings is 2. The molecule has 0 spiro atoms. The molecule has 0 bridgehead atoms. The third-order valence-electron chi connectivity index (χ3n) is 3.16. The first-order chi connectivity index (χ1) is 10.2. The fourth-order valence-electron chi connectivity index (χ4n) is 1.99. The van der Waals surface area contributed by atoms with Gasteiger partial charge in [0.25, 0.3) is 0 Å². The summed E-state index contributed by atoms with van der Waals surface area (Å²) in [6.45, 7) is 0.485. The smallest absolute Gasteiger partial charge is 0.173 e. The Balaban J connectivity index is 2.30. The molecule has 0 amide bonds. The second kappa shape index (κ2) is 6.95. The molecule has 0 saturated carbocycles. The topological polar surface area (TPSA) is 44.7 Å². The molecule has 0 aliphatic rings. The van der Waals surface area contributed by atoms with Gasteiger partial charge >= 0.3 is 0 Å². The molecule has 2 N–H and O–H groups in total. The van der Waals surface area contributed by atoms with Gasteiger partial charge in [0.15, 0.2) is 5.11 Å². The van der Waals surface area contributed by atoms with Crippen LogP contribution in [0.2, 0.25) is 0 Å². The summed E-state index contributed by atoms with van der Waals surface area (Å²) in [6.07, 6.45) is 0. The van der Waals surface area contributed by atoms with Gasteiger partial charge in [-0.25, -0.2) is 0 Å². The van der Waals surface area contributed by atoms with Crippen LogP contribution in [0.15, 0.2) is 48.5 Å². The van der Waals surface area contributed by atoms with Crippen molar-refractivity contribution < 1.29 is 9.84 Å². The van der Waals surface area contributed by atoms with Crippen molar-refractivity contribution in [2.24, 2.45) is 0 Å². The molecule has 21 heavy (non-hydrogen) atoms. The highest BCUT2D eigenvalue weighted by atomic mass is 32.1. The fraction of sp³-hybridized carbons (Fsp3) is 0.188. The summed E-state index contributed by atoms with van der Waals surface area (Å²) in [6, 6.07) is 14.9. The van der Waals surface area contributed by atoms with Crippen molar-refractivity contribution in [3.8, 4) is 11.5 Å². The average molecular weight is 302 g/mol. The minimum atomic E-state index is 0.259. The van der Waals surface area contributed by atoms with E-state index in [0.29, 0.717) is 11.7 Å². The molecular weight excluding hydrogens is 284 g/mol. The van der Waals surface area contributed by atoms with Crippen molar-refractivity contribution in [3.05, 3.63) is 54.1 Å². The molecule has 0 aliphatic heterocycles. The molecule has 0 heterocycles. The van der Waals surface area contributed by atoms with Crippen molar-refractivity contribution in [2.75, 3.05) is 19.1 Å². The van der Waals surface area contributed by atoms with Crippen LogP contribution in [0, 0.1) is 0 Å². The summed E-state index contributed by atoms with van der Waals surface area (Å²) in [5.41, 5.74) is 1.74. The van der Waals surface area contributed by atoms with Crippen molar-refractivity contribution in [1.82, 2.24) is 5.32 Å². The number of thiocarbonyl (C=S) groups is 1. The van der Waals surface area contributed by atoms with Crippen LogP contribution in [-0.2, 0) is 6.54 Å². The van der Waals surface area contributed by atoms with E-state index in [0.717, 1.165) is 17.0 Å². The summed E-state index contributed by atoms with van der Waals surface area (Å²) in [7, 11) is 3.41. The highest BCUT2D eigenvalue weighted by Gasteiger charge is 2.13. The SMILES string of the molecule is CNC(=S)N(Cc1ccccc1O)c1ccc(OC)cc1. The monoisotopic (exact) mass is 302 g/mol. The summed E-state index contributed by atoms with van der Waals surface area (Å²) >= 11 is 5.36. The maximum Gasteiger partial charge on any atom is 0.173 e. The predicted octanol–water partition coefficient (Wildman–Crippen LogP) is 2.91. The molecule has 0 fully saturated rings. The fourth-order valence-corrected chi connectivity index (χ4v) is 2.16. The van der Waals surface area contributed by atoms with Crippen LogP contribution in [0.5, 0.6) is 11.5 Å². The molecule has 0 aliphatic carbocycles. The summed E-state index contributed by atoms with van der Waals surface area (Å²) < 4.78 is 5.17. The van der Waals surface area contributed by atoms with E-state index in [-0.39, 0.29) is 5.75 Å². The van der Waals surface area contributed by atoms with E-state index in [9.17, 15) is 5.11 Å². The van der Waals surface area contributed by atoms with Crippen LogP contribution >= 0.6 is 12.2 Å². The standard InChI is InChI=1S/C16H18N2O2S/c1-17-16(21)18(11-12-5-3-4-6-15(12)19)13-7-9-14(20-2)10-8-13/h3-10,19H,11H2,1-2H3,(H,17,21). The van der Waals surface area contributed by atoms with E-state index in [1.54, 1.807) is 26.3 Å². The third-order valence-corrected chi connectivity index (χ3v) is 3.59. The summed E-state index contributed by atoms with van der Waals surface area (Å²) in [4.78, 5) is 1.92. The number of phenolic OH excluding ortho intramolecular Hbond substituents is 1. The molecule has 0 radical (unpaired) electrons. The molecule has 0 saturated heterocycles. The van der Waals surface area contributed by atoms with Crippen molar-refractivity contribution >= 4 is 23.0 Å². The number of para-hydroxylation sites is 1. The Morgan fingerprint density at radius 1 is 1.19 bits per heavy atom. The Morgan fingerprint density at radius 2 is 1.86 bits per heavy atom. The number of methoxy groups -OCH3 is 1. The quantitative estimate of drug-likeness (QED) is 0.850. The van der Waals surface area contributed by atoms with Gasteiger partial charge in [0, 0.05) is 18.3 Å².